The Kier molecular flexibility index (Phi) is 5.40. The van der Waals surface area contributed by atoms with Gasteiger partial charge in [-0.1, -0.05) is 5.16 Å². The minimum Gasteiger partial charge on any atom is -0.497 e. The van der Waals surface area contributed by atoms with Crippen molar-refractivity contribution in [1.29, 1.82) is 0 Å². The van der Waals surface area contributed by atoms with Crippen LogP contribution in [-0.2, 0) is 6.54 Å². The van der Waals surface area contributed by atoms with Gasteiger partial charge in [-0.3, -0.25) is 0 Å². The molecule has 1 aromatic carbocycles. The second kappa shape index (κ2) is 7.52. The van der Waals surface area contributed by atoms with Crippen molar-refractivity contribution in [3.05, 3.63) is 42.3 Å². The first-order valence-electron chi connectivity index (χ1n) is 6.33. The molecule has 0 saturated carbocycles. The third kappa shape index (κ3) is 4.56. The molecule has 0 aliphatic heterocycles. The first-order valence-corrected chi connectivity index (χ1v) is 6.33. The zero-order valence-corrected chi connectivity index (χ0v) is 11.3. The molecule has 0 saturated heterocycles. The number of aliphatic hydroxyl groups excluding tert-OH is 1. The van der Waals surface area contributed by atoms with Gasteiger partial charge in [-0.15, -0.1) is 0 Å². The highest BCUT2D eigenvalue weighted by Gasteiger charge is 2.06. The molecule has 1 aromatic heterocycles. The van der Waals surface area contributed by atoms with Gasteiger partial charge >= 0.3 is 0 Å². The van der Waals surface area contributed by atoms with Crippen molar-refractivity contribution < 1.29 is 19.1 Å². The molecule has 0 amide bonds. The molecule has 20 heavy (non-hydrogen) atoms. The van der Waals surface area contributed by atoms with Gasteiger partial charge in [0.1, 0.15) is 30.0 Å². The van der Waals surface area contributed by atoms with Crippen LogP contribution in [0.3, 0.4) is 0 Å². The van der Waals surface area contributed by atoms with Gasteiger partial charge in [-0.2, -0.15) is 0 Å². The van der Waals surface area contributed by atoms with Crippen molar-refractivity contribution in [2.45, 2.75) is 12.6 Å². The number of hydrogen-bond donors (Lipinski definition) is 2. The van der Waals surface area contributed by atoms with E-state index in [1.165, 1.54) is 0 Å². The van der Waals surface area contributed by atoms with E-state index in [0.29, 0.717) is 18.8 Å². The smallest absolute Gasteiger partial charge is 0.150 e. The standard InChI is InChI=1S/C14H18N2O4/c1-18-12-2-4-13(5-3-12)19-10-11(17)8-15-9-14-6-7-16-20-14/h2-7,11,15,17H,8-10H2,1H3. The van der Waals surface area contributed by atoms with E-state index in [9.17, 15) is 5.11 Å². The van der Waals surface area contributed by atoms with Gasteiger partial charge in [0.15, 0.2) is 0 Å². The maximum atomic E-state index is 9.78. The summed E-state index contributed by atoms with van der Waals surface area (Å²) in [5.41, 5.74) is 0. The van der Waals surface area contributed by atoms with Crippen molar-refractivity contribution >= 4 is 0 Å². The lowest BCUT2D eigenvalue weighted by molar-refractivity contribution is 0.105. The third-order valence-electron chi connectivity index (χ3n) is 2.67. The van der Waals surface area contributed by atoms with Crippen LogP contribution in [0.1, 0.15) is 5.76 Å². The molecule has 2 aromatic rings. The molecule has 0 spiro atoms. The maximum absolute atomic E-state index is 9.78. The molecule has 1 heterocycles. The highest BCUT2D eigenvalue weighted by Crippen LogP contribution is 2.16. The molecule has 0 aliphatic carbocycles. The van der Waals surface area contributed by atoms with E-state index >= 15 is 0 Å². The Morgan fingerprint density at radius 3 is 2.65 bits per heavy atom. The lowest BCUT2D eigenvalue weighted by Crippen LogP contribution is -2.31. The van der Waals surface area contributed by atoms with Crippen LogP contribution in [0.5, 0.6) is 11.5 Å². The van der Waals surface area contributed by atoms with E-state index in [1.54, 1.807) is 31.5 Å². The van der Waals surface area contributed by atoms with E-state index in [2.05, 4.69) is 10.5 Å². The summed E-state index contributed by atoms with van der Waals surface area (Å²) >= 11 is 0. The zero-order valence-electron chi connectivity index (χ0n) is 11.3. The first-order chi connectivity index (χ1) is 9.78. The van der Waals surface area contributed by atoms with Gasteiger partial charge in [0.25, 0.3) is 0 Å². The average Bonchev–Trinajstić information content (AvgIpc) is 2.99. The topological polar surface area (TPSA) is 76.8 Å². The molecule has 108 valence electrons. The number of aromatic nitrogens is 1. The quantitative estimate of drug-likeness (QED) is 0.756. The SMILES string of the molecule is COc1ccc(OCC(O)CNCc2ccno2)cc1. The van der Waals surface area contributed by atoms with Gasteiger partial charge in [0, 0.05) is 12.6 Å². The Balaban J connectivity index is 1.65. The average molecular weight is 278 g/mol. The molecule has 0 fully saturated rings. The van der Waals surface area contributed by atoms with Gasteiger partial charge in [0.2, 0.25) is 0 Å². The van der Waals surface area contributed by atoms with Crippen LogP contribution in [0.4, 0.5) is 0 Å². The van der Waals surface area contributed by atoms with Crippen molar-refractivity contribution in [1.82, 2.24) is 10.5 Å². The Bertz CT molecular complexity index is 484. The van der Waals surface area contributed by atoms with Crippen LogP contribution in [0, 0.1) is 0 Å². The van der Waals surface area contributed by atoms with E-state index in [4.69, 9.17) is 14.0 Å². The summed E-state index contributed by atoms with van der Waals surface area (Å²) in [4.78, 5) is 0. The molecular weight excluding hydrogens is 260 g/mol. The Hall–Kier alpha value is -2.05. The fraction of sp³-hybridized carbons (Fsp3) is 0.357. The monoisotopic (exact) mass is 278 g/mol. The molecule has 6 heteroatoms. The van der Waals surface area contributed by atoms with Crippen molar-refractivity contribution in [2.24, 2.45) is 0 Å². The Morgan fingerprint density at radius 1 is 1.25 bits per heavy atom. The van der Waals surface area contributed by atoms with Crippen molar-refractivity contribution in [2.75, 3.05) is 20.3 Å². The summed E-state index contributed by atoms with van der Waals surface area (Å²) in [6.07, 6.45) is 0.986. The number of nitrogens with zero attached hydrogens (tertiary/aromatic N) is 1. The van der Waals surface area contributed by atoms with Crippen molar-refractivity contribution in [3.63, 3.8) is 0 Å². The Labute approximate surface area is 117 Å². The van der Waals surface area contributed by atoms with E-state index < -0.39 is 6.10 Å². The molecule has 2 rings (SSSR count). The van der Waals surface area contributed by atoms with Crippen LogP contribution in [0.15, 0.2) is 41.1 Å². The fourth-order valence-corrected chi connectivity index (χ4v) is 1.62. The third-order valence-corrected chi connectivity index (χ3v) is 2.67. The Morgan fingerprint density at radius 2 is 2.00 bits per heavy atom. The second-order valence-electron chi connectivity index (χ2n) is 4.25. The minimum absolute atomic E-state index is 0.218. The van der Waals surface area contributed by atoms with E-state index in [-0.39, 0.29) is 6.61 Å². The summed E-state index contributed by atoms with van der Waals surface area (Å²) in [6, 6.07) is 8.99. The number of ether oxygens (including phenoxy) is 2. The number of nitrogens with one attached hydrogen (secondary N) is 1. The molecule has 1 unspecified atom stereocenters. The number of aliphatic hydroxyl groups is 1. The van der Waals surface area contributed by atoms with Crippen molar-refractivity contribution in [3.8, 4) is 11.5 Å². The lowest BCUT2D eigenvalue weighted by atomic mass is 10.3. The molecular formula is C14H18N2O4. The second-order valence-corrected chi connectivity index (χ2v) is 4.25. The maximum Gasteiger partial charge on any atom is 0.150 e. The van der Waals surface area contributed by atoms with Crippen LogP contribution < -0.4 is 14.8 Å². The van der Waals surface area contributed by atoms with Gasteiger partial charge < -0.3 is 24.4 Å². The predicted octanol–water partition coefficient (Wildman–Crippen LogP) is 1.21. The van der Waals surface area contributed by atoms with Gasteiger partial charge in [-0.05, 0) is 24.3 Å². The highest BCUT2D eigenvalue weighted by atomic mass is 16.5. The van der Waals surface area contributed by atoms with Crippen LogP contribution in [0.25, 0.3) is 0 Å². The lowest BCUT2D eigenvalue weighted by Gasteiger charge is -2.13. The van der Waals surface area contributed by atoms with Gasteiger partial charge in [0.05, 0.1) is 19.9 Å². The summed E-state index contributed by atoms with van der Waals surface area (Å²) in [7, 11) is 1.61. The normalized spacial score (nSPS) is 12.1. The molecule has 0 radical (unpaired) electrons. The number of hydrogen-bond acceptors (Lipinski definition) is 6. The molecule has 0 aliphatic rings. The minimum atomic E-state index is -0.597. The number of benzene rings is 1. The highest BCUT2D eigenvalue weighted by molar-refractivity contribution is 5.31. The summed E-state index contributed by atoms with van der Waals surface area (Å²) < 4.78 is 15.5. The van der Waals surface area contributed by atoms with Crippen LogP contribution >= 0.6 is 0 Å². The van der Waals surface area contributed by atoms with Crippen LogP contribution in [-0.4, -0.2) is 36.6 Å². The molecule has 0 bridgehead atoms. The fourth-order valence-electron chi connectivity index (χ4n) is 1.62. The number of rotatable bonds is 8. The summed E-state index contributed by atoms with van der Waals surface area (Å²) in [6.45, 7) is 1.16. The summed E-state index contributed by atoms with van der Waals surface area (Å²) in [5.74, 6) is 2.19. The molecule has 2 N–H and O–H groups in total. The van der Waals surface area contributed by atoms with Crippen LogP contribution in [0.2, 0.25) is 0 Å². The number of methoxy groups -OCH3 is 1. The first kappa shape index (κ1) is 14.4. The predicted molar refractivity (Wildman–Crippen MR) is 72.7 cm³/mol. The van der Waals surface area contributed by atoms with Gasteiger partial charge in [-0.25, -0.2) is 0 Å². The summed E-state index contributed by atoms with van der Waals surface area (Å²) in [5, 5.41) is 16.4. The zero-order chi connectivity index (χ0) is 14.2. The molecule has 1 atom stereocenters. The van der Waals surface area contributed by atoms with E-state index in [1.807, 2.05) is 12.1 Å². The van der Waals surface area contributed by atoms with E-state index in [0.717, 1.165) is 11.5 Å². The molecule has 6 nitrogen and oxygen atoms in total. The largest absolute Gasteiger partial charge is 0.497 e.